The standard InChI is InChI=1S/C24H38F3N/c1-18(2)14-16-28(17-15-19(3)4)23-9-7-5-6-8-22(23)20-10-12-21(13-11-20)24(25,26)27/h10-13,18-19,22-23H,5-9,14-17H2,1-4H3/t22-,23-/m0/s1. The van der Waals surface area contributed by atoms with E-state index in [-0.39, 0.29) is 0 Å². The van der Waals surface area contributed by atoms with Crippen LogP contribution in [0.15, 0.2) is 24.3 Å². The molecule has 0 heterocycles. The van der Waals surface area contributed by atoms with Gasteiger partial charge in [0.25, 0.3) is 0 Å². The molecule has 0 saturated heterocycles. The van der Waals surface area contributed by atoms with Gasteiger partial charge in [0.1, 0.15) is 0 Å². The number of hydrogen-bond acceptors (Lipinski definition) is 1. The van der Waals surface area contributed by atoms with Crippen molar-refractivity contribution < 1.29 is 13.2 Å². The Bertz CT molecular complexity index is 550. The molecule has 4 heteroatoms. The second-order valence-corrected chi connectivity index (χ2v) is 9.33. The predicted molar refractivity (Wildman–Crippen MR) is 112 cm³/mol. The van der Waals surface area contributed by atoms with Crippen LogP contribution in [-0.2, 0) is 6.18 Å². The van der Waals surface area contributed by atoms with Gasteiger partial charge in [-0.25, -0.2) is 0 Å². The number of alkyl halides is 3. The topological polar surface area (TPSA) is 3.24 Å². The molecule has 2 atom stereocenters. The van der Waals surface area contributed by atoms with Crippen LogP contribution in [0.3, 0.4) is 0 Å². The van der Waals surface area contributed by atoms with Crippen LogP contribution in [0.1, 0.15) is 89.7 Å². The van der Waals surface area contributed by atoms with Crippen molar-refractivity contribution in [2.75, 3.05) is 13.1 Å². The third kappa shape index (κ3) is 7.09. The first-order valence-electron chi connectivity index (χ1n) is 11.1. The van der Waals surface area contributed by atoms with Gasteiger partial charge in [-0.2, -0.15) is 13.2 Å². The Morgan fingerprint density at radius 3 is 1.89 bits per heavy atom. The van der Waals surface area contributed by atoms with E-state index in [4.69, 9.17) is 0 Å². The third-order valence-electron chi connectivity index (χ3n) is 6.10. The largest absolute Gasteiger partial charge is 0.416 e. The summed E-state index contributed by atoms with van der Waals surface area (Å²) in [6, 6.07) is 6.44. The monoisotopic (exact) mass is 397 g/mol. The fraction of sp³-hybridized carbons (Fsp3) is 0.750. The zero-order valence-corrected chi connectivity index (χ0v) is 18.1. The van der Waals surface area contributed by atoms with E-state index in [9.17, 15) is 13.2 Å². The number of nitrogens with zero attached hydrogens (tertiary/aromatic N) is 1. The molecule has 2 rings (SSSR count). The van der Waals surface area contributed by atoms with Gasteiger partial charge < -0.3 is 0 Å². The van der Waals surface area contributed by atoms with Crippen LogP contribution >= 0.6 is 0 Å². The highest BCUT2D eigenvalue weighted by Gasteiger charge is 2.33. The molecule has 1 nitrogen and oxygen atoms in total. The van der Waals surface area contributed by atoms with E-state index >= 15 is 0 Å². The van der Waals surface area contributed by atoms with E-state index in [1.165, 1.54) is 44.2 Å². The lowest BCUT2D eigenvalue weighted by Crippen LogP contribution is -2.41. The molecule has 1 saturated carbocycles. The predicted octanol–water partition coefficient (Wildman–Crippen LogP) is 7.52. The summed E-state index contributed by atoms with van der Waals surface area (Å²) in [7, 11) is 0. The lowest BCUT2D eigenvalue weighted by Gasteiger charge is -2.37. The molecule has 28 heavy (non-hydrogen) atoms. The summed E-state index contributed by atoms with van der Waals surface area (Å²) in [4.78, 5) is 2.66. The smallest absolute Gasteiger partial charge is 0.300 e. The number of benzene rings is 1. The molecule has 1 fully saturated rings. The average Bonchev–Trinajstić information content (AvgIpc) is 2.87. The summed E-state index contributed by atoms with van der Waals surface area (Å²) in [6.07, 6.45) is 3.95. The Kier molecular flexibility index (Phi) is 8.85. The van der Waals surface area contributed by atoms with Gasteiger partial charge >= 0.3 is 6.18 Å². The van der Waals surface area contributed by atoms with Gasteiger partial charge in [0, 0.05) is 6.04 Å². The Morgan fingerprint density at radius 2 is 1.39 bits per heavy atom. The first-order chi connectivity index (χ1) is 13.2. The highest BCUT2D eigenvalue weighted by atomic mass is 19.4. The van der Waals surface area contributed by atoms with Gasteiger partial charge in [-0.05, 0) is 74.2 Å². The number of halogens is 3. The molecular weight excluding hydrogens is 359 g/mol. The molecule has 0 N–H and O–H groups in total. The fourth-order valence-corrected chi connectivity index (χ4v) is 4.32. The summed E-state index contributed by atoms with van der Waals surface area (Å²) in [6.45, 7) is 11.2. The minimum absolute atomic E-state index is 0.337. The Morgan fingerprint density at radius 1 is 0.857 bits per heavy atom. The molecular formula is C24H38F3N. The van der Waals surface area contributed by atoms with E-state index in [2.05, 4.69) is 32.6 Å². The summed E-state index contributed by atoms with van der Waals surface area (Å²) < 4.78 is 38.9. The van der Waals surface area contributed by atoms with Crippen molar-refractivity contribution in [2.45, 2.75) is 90.8 Å². The fourth-order valence-electron chi connectivity index (χ4n) is 4.32. The van der Waals surface area contributed by atoms with E-state index in [0.29, 0.717) is 23.8 Å². The molecule has 160 valence electrons. The molecule has 0 aromatic heterocycles. The van der Waals surface area contributed by atoms with Crippen molar-refractivity contribution in [1.29, 1.82) is 0 Å². The molecule has 0 bridgehead atoms. The van der Waals surface area contributed by atoms with Crippen LogP contribution in [0, 0.1) is 11.8 Å². The van der Waals surface area contributed by atoms with Gasteiger partial charge in [-0.15, -0.1) is 0 Å². The summed E-state index contributed by atoms with van der Waals surface area (Å²) in [5.74, 6) is 1.66. The van der Waals surface area contributed by atoms with Crippen molar-refractivity contribution in [3.05, 3.63) is 35.4 Å². The van der Waals surface area contributed by atoms with Crippen LogP contribution < -0.4 is 0 Å². The van der Waals surface area contributed by atoms with Gasteiger partial charge in [0.15, 0.2) is 0 Å². The molecule has 0 spiro atoms. The Balaban J connectivity index is 2.24. The molecule has 0 amide bonds. The minimum atomic E-state index is -4.26. The third-order valence-corrected chi connectivity index (χ3v) is 6.10. The Hall–Kier alpha value is -1.03. The molecule has 1 aromatic carbocycles. The summed E-state index contributed by atoms with van der Waals surface area (Å²) in [5, 5.41) is 0. The molecule has 1 aliphatic rings. The highest BCUT2D eigenvalue weighted by molar-refractivity contribution is 5.28. The maximum Gasteiger partial charge on any atom is 0.416 e. The second-order valence-electron chi connectivity index (χ2n) is 9.33. The van der Waals surface area contributed by atoms with Crippen molar-refractivity contribution >= 4 is 0 Å². The van der Waals surface area contributed by atoms with E-state index < -0.39 is 11.7 Å². The second kappa shape index (κ2) is 10.7. The van der Waals surface area contributed by atoms with Gasteiger partial charge in [-0.3, -0.25) is 4.90 Å². The Labute approximate surface area is 169 Å². The quantitative estimate of drug-likeness (QED) is 0.410. The summed E-state index contributed by atoms with van der Waals surface area (Å²) >= 11 is 0. The SMILES string of the molecule is CC(C)CCN(CCC(C)C)[C@H]1CCCCC[C@H]1c1ccc(C(F)(F)F)cc1. The highest BCUT2D eigenvalue weighted by Crippen LogP contribution is 2.37. The van der Waals surface area contributed by atoms with E-state index in [0.717, 1.165) is 31.5 Å². The van der Waals surface area contributed by atoms with Crippen LogP contribution in [0.25, 0.3) is 0 Å². The molecule has 1 aromatic rings. The lowest BCUT2D eigenvalue weighted by atomic mass is 9.85. The first-order valence-corrected chi connectivity index (χ1v) is 11.1. The van der Waals surface area contributed by atoms with Gasteiger partial charge in [0.05, 0.1) is 5.56 Å². The van der Waals surface area contributed by atoms with Crippen molar-refractivity contribution in [3.8, 4) is 0 Å². The minimum Gasteiger partial charge on any atom is -0.300 e. The van der Waals surface area contributed by atoms with Gasteiger partial charge in [0.2, 0.25) is 0 Å². The lowest BCUT2D eigenvalue weighted by molar-refractivity contribution is -0.137. The van der Waals surface area contributed by atoms with Crippen LogP contribution in [0.4, 0.5) is 13.2 Å². The maximum absolute atomic E-state index is 13.0. The van der Waals surface area contributed by atoms with Crippen LogP contribution in [0.5, 0.6) is 0 Å². The first kappa shape index (κ1) is 23.3. The molecule has 0 radical (unpaired) electrons. The molecule has 1 aliphatic carbocycles. The van der Waals surface area contributed by atoms with E-state index in [1.54, 1.807) is 12.1 Å². The van der Waals surface area contributed by atoms with Crippen molar-refractivity contribution in [2.24, 2.45) is 11.8 Å². The zero-order valence-electron chi connectivity index (χ0n) is 18.1. The molecule has 0 unspecified atom stereocenters. The average molecular weight is 398 g/mol. The normalized spacial score (nSPS) is 21.5. The molecule has 0 aliphatic heterocycles. The van der Waals surface area contributed by atoms with Crippen molar-refractivity contribution in [3.63, 3.8) is 0 Å². The zero-order chi connectivity index (χ0) is 20.7. The summed E-state index contributed by atoms with van der Waals surface area (Å²) in [5.41, 5.74) is 0.539. The van der Waals surface area contributed by atoms with Crippen LogP contribution in [0.2, 0.25) is 0 Å². The van der Waals surface area contributed by atoms with Crippen molar-refractivity contribution in [1.82, 2.24) is 4.90 Å². The number of hydrogen-bond donors (Lipinski definition) is 0. The van der Waals surface area contributed by atoms with Crippen LogP contribution in [-0.4, -0.2) is 24.0 Å². The maximum atomic E-state index is 13.0. The van der Waals surface area contributed by atoms with E-state index in [1.807, 2.05) is 0 Å². The number of rotatable bonds is 8. The van der Waals surface area contributed by atoms with Gasteiger partial charge in [-0.1, -0.05) is 59.1 Å².